The average molecular weight is 264 g/mol. The standard InChI is InChI=1S/C14H24N4O/c1-5-11(3)18(6-7-19-4)13-9-12(14(15)16)8-10(2)17-13/h8-9,11H,5-7H2,1-4H3,(H3,15,16). The van der Waals surface area contributed by atoms with Crippen LogP contribution in [0.25, 0.3) is 0 Å². The highest BCUT2D eigenvalue weighted by atomic mass is 16.5. The number of nitrogens with one attached hydrogen (secondary N) is 1. The number of amidine groups is 1. The summed E-state index contributed by atoms with van der Waals surface area (Å²) in [4.78, 5) is 6.75. The van der Waals surface area contributed by atoms with E-state index >= 15 is 0 Å². The minimum Gasteiger partial charge on any atom is -0.384 e. The molecule has 1 rings (SSSR count). The number of aryl methyl sites for hydroxylation is 1. The number of hydrogen-bond donors (Lipinski definition) is 2. The highest BCUT2D eigenvalue weighted by Crippen LogP contribution is 2.18. The number of rotatable bonds is 7. The first-order valence-electron chi connectivity index (χ1n) is 6.58. The molecule has 0 aliphatic rings. The maximum atomic E-state index is 7.57. The monoisotopic (exact) mass is 264 g/mol. The fraction of sp³-hybridized carbons (Fsp3) is 0.571. The molecular formula is C14H24N4O. The van der Waals surface area contributed by atoms with Crippen LogP contribution in [-0.4, -0.2) is 37.1 Å². The van der Waals surface area contributed by atoms with Crippen LogP contribution in [0, 0.1) is 12.3 Å². The van der Waals surface area contributed by atoms with Gasteiger partial charge in [-0.3, -0.25) is 5.41 Å². The second-order valence-electron chi connectivity index (χ2n) is 4.71. The number of nitrogen functional groups attached to an aromatic ring is 1. The normalized spacial score (nSPS) is 12.2. The summed E-state index contributed by atoms with van der Waals surface area (Å²) in [5, 5.41) is 7.57. The topological polar surface area (TPSA) is 75.2 Å². The van der Waals surface area contributed by atoms with Gasteiger partial charge in [0.25, 0.3) is 0 Å². The van der Waals surface area contributed by atoms with Gasteiger partial charge in [-0.1, -0.05) is 6.92 Å². The summed E-state index contributed by atoms with van der Waals surface area (Å²) in [5.74, 6) is 0.930. The van der Waals surface area contributed by atoms with E-state index in [4.69, 9.17) is 15.9 Å². The molecule has 106 valence electrons. The van der Waals surface area contributed by atoms with Crippen LogP contribution in [0.1, 0.15) is 31.5 Å². The van der Waals surface area contributed by atoms with E-state index in [1.165, 1.54) is 0 Å². The van der Waals surface area contributed by atoms with Crippen molar-refractivity contribution >= 4 is 11.7 Å². The van der Waals surface area contributed by atoms with Gasteiger partial charge in [-0.15, -0.1) is 0 Å². The number of methoxy groups -OCH3 is 1. The van der Waals surface area contributed by atoms with Crippen LogP contribution in [0.3, 0.4) is 0 Å². The fourth-order valence-corrected chi connectivity index (χ4v) is 1.92. The Morgan fingerprint density at radius 2 is 2.21 bits per heavy atom. The summed E-state index contributed by atoms with van der Waals surface area (Å²) >= 11 is 0. The molecule has 3 N–H and O–H groups in total. The molecule has 5 heteroatoms. The Balaban J connectivity index is 3.10. The molecule has 19 heavy (non-hydrogen) atoms. The van der Waals surface area contributed by atoms with Crippen LogP contribution >= 0.6 is 0 Å². The third-order valence-electron chi connectivity index (χ3n) is 3.20. The summed E-state index contributed by atoms with van der Waals surface area (Å²) in [6.07, 6.45) is 1.02. The van der Waals surface area contributed by atoms with Crippen molar-refractivity contribution in [1.82, 2.24) is 4.98 Å². The minimum atomic E-state index is 0.0718. The predicted octanol–water partition coefficient (Wildman–Crippen LogP) is 1.93. The van der Waals surface area contributed by atoms with Crippen molar-refractivity contribution in [2.75, 3.05) is 25.2 Å². The third-order valence-corrected chi connectivity index (χ3v) is 3.20. The van der Waals surface area contributed by atoms with Gasteiger partial charge in [0.15, 0.2) is 0 Å². The molecule has 0 bridgehead atoms. The molecule has 0 aliphatic carbocycles. The van der Waals surface area contributed by atoms with Crippen molar-refractivity contribution in [1.29, 1.82) is 5.41 Å². The number of hydrogen-bond acceptors (Lipinski definition) is 4. The number of aromatic nitrogens is 1. The number of ether oxygens (including phenoxy) is 1. The van der Waals surface area contributed by atoms with Crippen molar-refractivity contribution in [3.8, 4) is 0 Å². The zero-order chi connectivity index (χ0) is 14.4. The van der Waals surface area contributed by atoms with Crippen molar-refractivity contribution in [3.05, 3.63) is 23.4 Å². The van der Waals surface area contributed by atoms with Crippen LogP contribution in [-0.2, 0) is 4.74 Å². The first-order valence-corrected chi connectivity index (χ1v) is 6.58. The zero-order valence-electron chi connectivity index (χ0n) is 12.2. The molecule has 0 spiro atoms. The number of anilines is 1. The molecule has 0 saturated heterocycles. The quantitative estimate of drug-likeness (QED) is 0.583. The SMILES string of the molecule is CCC(C)N(CCOC)c1cc(C(=N)N)cc(C)n1. The molecule has 1 unspecified atom stereocenters. The lowest BCUT2D eigenvalue weighted by Gasteiger charge is -2.30. The van der Waals surface area contributed by atoms with Gasteiger partial charge >= 0.3 is 0 Å². The van der Waals surface area contributed by atoms with E-state index < -0.39 is 0 Å². The van der Waals surface area contributed by atoms with Crippen LogP contribution in [0.2, 0.25) is 0 Å². The van der Waals surface area contributed by atoms with Crippen molar-refractivity contribution in [2.45, 2.75) is 33.2 Å². The lowest BCUT2D eigenvalue weighted by molar-refractivity contribution is 0.203. The molecule has 0 amide bonds. The first-order chi connectivity index (χ1) is 8.99. The summed E-state index contributed by atoms with van der Waals surface area (Å²) < 4.78 is 5.16. The number of nitrogens with zero attached hydrogens (tertiary/aromatic N) is 2. The Labute approximate surface area is 115 Å². The van der Waals surface area contributed by atoms with E-state index in [9.17, 15) is 0 Å². The molecule has 0 fully saturated rings. The van der Waals surface area contributed by atoms with Crippen molar-refractivity contribution < 1.29 is 4.74 Å². The minimum absolute atomic E-state index is 0.0718. The Morgan fingerprint density at radius 1 is 1.53 bits per heavy atom. The largest absolute Gasteiger partial charge is 0.384 e. The van der Waals surface area contributed by atoms with E-state index in [0.717, 1.165) is 24.5 Å². The zero-order valence-corrected chi connectivity index (χ0v) is 12.2. The molecule has 0 aromatic carbocycles. The van der Waals surface area contributed by atoms with E-state index in [2.05, 4.69) is 23.7 Å². The average Bonchev–Trinajstić information content (AvgIpc) is 2.38. The van der Waals surface area contributed by atoms with Gasteiger partial charge in [-0.25, -0.2) is 4.98 Å². The van der Waals surface area contributed by atoms with E-state index in [0.29, 0.717) is 18.2 Å². The Bertz CT molecular complexity index is 433. The third kappa shape index (κ3) is 4.21. The molecule has 1 atom stereocenters. The van der Waals surface area contributed by atoms with Crippen LogP contribution < -0.4 is 10.6 Å². The molecule has 5 nitrogen and oxygen atoms in total. The second-order valence-corrected chi connectivity index (χ2v) is 4.71. The highest BCUT2D eigenvalue weighted by Gasteiger charge is 2.15. The van der Waals surface area contributed by atoms with E-state index in [-0.39, 0.29) is 5.84 Å². The van der Waals surface area contributed by atoms with Gasteiger partial charge in [0.1, 0.15) is 11.7 Å². The van der Waals surface area contributed by atoms with Gasteiger partial charge in [-0.2, -0.15) is 0 Å². The Morgan fingerprint density at radius 3 is 2.74 bits per heavy atom. The van der Waals surface area contributed by atoms with Crippen molar-refractivity contribution in [2.24, 2.45) is 5.73 Å². The van der Waals surface area contributed by atoms with Gasteiger partial charge in [0.2, 0.25) is 0 Å². The van der Waals surface area contributed by atoms with Crippen molar-refractivity contribution in [3.63, 3.8) is 0 Å². The summed E-state index contributed by atoms with van der Waals surface area (Å²) in [6, 6.07) is 4.07. The molecule has 1 aromatic heterocycles. The first kappa shape index (κ1) is 15.4. The number of nitrogens with two attached hydrogens (primary N) is 1. The van der Waals surface area contributed by atoms with Gasteiger partial charge in [-0.05, 0) is 32.4 Å². The summed E-state index contributed by atoms with van der Waals surface area (Å²) in [6.45, 7) is 7.65. The fourth-order valence-electron chi connectivity index (χ4n) is 1.92. The molecule has 1 aromatic rings. The maximum absolute atomic E-state index is 7.57. The predicted molar refractivity (Wildman–Crippen MR) is 79.0 cm³/mol. The Kier molecular flexibility index (Phi) is 5.76. The molecule has 0 radical (unpaired) electrons. The summed E-state index contributed by atoms with van der Waals surface area (Å²) in [5.41, 5.74) is 7.16. The lowest BCUT2D eigenvalue weighted by atomic mass is 10.1. The smallest absolute Gasteiger partial charge is 0.129 e. The second kappa shape index (κ2) is 7.09. The summed E-state index contributed by atoms with van der Waals surface area (Å²) in [7, 11) is 1.69. The Hall–Kier alpha value is -1.62. The molecule has 0 saturated carbocycles. The maximum Gasteiger partial charge on any atom is 0.129 e. The highest BCUT2D eigenvalue weighted by molar-refractivity contribution is 5.95. The van der Waals surface area contributed by atoms with Gasteiger partial charge < -0.3 is 15.4 Å². The van der Waals surface area contributed by atoms with Crippen LogP contribution in [0.5, 0.6) is 0 Å². The van der Waals surface area contributed by atoms with Gasteiger partial charge in [0, 0.05) is 31.0 Å². The van der Waals surface area contributed by atoms with Crippen LogP contribution in [0.15, 0.2) is 12.1 Å². The molecular weight excluding hydrogens is 240 g/mol. The van der Waals surface area contributed by atoms with Gasteiger partial charge in [0.05, 0.1) is 6.61 Å². The van der Waals surface area contributed by atoms with E-state index in [1.54, 1.807) is 7.11 Å². The van der Waals surface area contributed by atoms with Crippen LogP contribution in [0.4, 0.5) is 5.82 Å². The number of pyridine rings is 1. The molecule has 1 heterocycles. The van der Waals surface area contributed by atoms with E-state index in [1.807, 2.05) is 19.1 Å². The molecule has 0 aliphatic heterocycles. The lowest BCUT2D eigenvalue weighted by Crippen LogP contribution is -2.36.